The summed E-state index contributed by atoms with van der Waals surface area (Å²) in [5.74, 6) is 0. The zero-order chi connectivity index (χ0) is 0. The van der Waals surface area contributed by atoms with Crippen molar-refractivity contribution in [1.82, 2.24) is 0 Å². The summed E-state index contributed by atoms with van der Waals surface area (Å²) in [5, 5.41) is 0. The Bertz CT molecular complexity index is 11.6. The molecule has 5 heteroatoms. The quantitative estimate of drug-likeness (QED) is 0.389. The molecule has 0 aliphatic heterocycles. The van der Waals surface area contributed by atoms with Crippen LogP contribution in [0, 0.1) is 0 Å². The van der Waals surface area contributed by atoms with E-state index in [0.717, 1.165) is 0 Å². The molecule has 0 amide bonds. The fourth-order valence-electron chi connectivity index (χ4n) is 0. The molecule has 0 saturated heterocycles. The zero-order valence-corrected chi connectivity index (χ0v) is 0. The molecule has 26 valence electrons. The van der Waals surface area contributed by atoms with Crippen LogP contribution in [0.4, 0.5) is 0 Å². The molecular formula is H13AlBaCaSiSr. The topological polar surface area (TPSA) is 0 Å². The fourth-order valence-corrected chi connectivity index (χ4v) is 0. The standard InChI is InChI=1S/Al.Ba.Ca.H4Si.Sr.9H/h;;;1H4;;;;;;;;;;. The molecule has 0 aromatic heterocycles. The SMILES string of the molecule is [AlH3].[BaH2].[CaH2].[SiH4].[SrH2]. The molecule has 0 fully saturated rings. The van der Waals surface area contributed by atoms with Gasteiger partial charge in [-0.15, -0.1) is 0 Å². The van der Waals surface area contributed by atoms with Crippen LogP contribution in [0.15, 0.2) is 0 Å². The van der Waals surface area contributed by atoms with Gasteiger partial charge in [0.15, 0.2) is 17.4 Å². The Kier molecular flexibility index (Phi) is 148. The van der Waals surface area contributed by atoms with Gasteiger partial charge in [-0.1, -0.05) is 0 Å². The van der Waals surface area contributed by atoms with Crippen molar-refractivity contribution in [3.8, 4) is 0 Å². The fraction of sp³-hybridized carbons (Fsp3) is 0. The number of hydrogen-bond donors (Lipinski definition) is 0. The predicted octanol–water partition coefficient (Wildman–Crippen LogP) is -5.38. The molecular weight excluding hydrogens is 320 g/mol. The van der Waals surface area contributed by atoms with E-state index in [1.54, 1.807) is 0 Å². The summed E-state index contributed by atoms with van der Waals surface area (Å²) in [6.07, 6.45) is 0. The Morgan fingerprint density at radius 1 is 1.00 bits per heavy atom. The Balaban J connectivity index is 0. The molecule has 0 radical (unpaired) electrons. The average Bonchev–Trinajstić information content (AvgIpc) is 0. The van der Waals surface area contributed by atoms with E-state index in [2.05, 4.69) is 0 Å². The molecule has 0 aromatic carbocycles. The second-order valence-corrected chi connectivity index (χ2v) is 0. The summed E-state index contributed by atoms with van der Waals surface area (Å²) in [7, 11) is 0. The molecule has 0 spiro atoms. The first-order valence-electron chi connectivity index (χ1n) is 0. The third-order valence-corrected chi connectivity index (χ3v) is 0. The maximum atomic E-state index is 0. The van der Waals surface area contributed by atoms with Crippen molar-refractivity contribution >= 4 is 160 Å². The molecule has 0 aliphatic carbocycles. The van der Waals surface area contributed by atoms with Crippen LogP contribution in [0.25, 0.3) is 0 Å². The molecule has 0 aliphatic rings. The van der Waals surface area contributed by atoms with Gasteiger partial charge in [0.25, 0.3) is 0 Å². The van der Waals surface area contributed by atoms with Crippen LogP contribution >= 0.6 is 0 Å². The van der Waals surface area contributed by atoms with E-state index in [1.165, 1.54) is 0 Å². The number of rotatable bonds is 0. The third kappa shape index (κ3) is 17.6. The monoisotopic (exact) mass is 334 g/mol. The molecule has 0 atom stereocenters. The maximum absolute atomic E-state index is 0. The van der Waals surface area contributed by atoms with E-state index in [1.807, 2.05) is 0 Å². The van der Waals surface area contributed by atoms with Crippen LogP contribution in [0.5, 0.6) is 0 Å². The van der Waals surface area contributed by atoms with Crippen LogP contribution < -0.4 is 0 Å². The predicted molar refractivity (Wildman–Crippen MR) is 46.9 cm³/mol. The molecule has 0 rings (SSSR count). The second kappa shape index (κ2) is 23.0. The zero-order valence-electron chi connectivity index (χ0n) is 0. The Labute approximate surface area is 155 Å². The van der Waals surface area contributed by atoms with Crippen molar-refractivity contribution in [2.45, 2.75) is 0 Å². The van der Waals surface area contributed by atoms with E-state index in [9.17, 15) is 0 Å². The van der Waals surface area contributed by atoms with E-state index in [0.29, 0.717) is 0 Å². The molecule has 0 aromatic rings. The van der Waals surface area contributed by atoms with Crippen molar-refractivity contribution in [3.05, 3.63) is 0 Å². The van der Waals surface area contributed by atoms with Gasteiger partial charge < -0.3 is 0 Å². The van der Waals surface area contributed by atoms with Crippen LogP contribution in [0.3, 0.4) is 0 Å². The van der Waals surface area contributed by atoms with Gasteiger partial charge in [-0.3, -0.25) is 0 Å². The molecule has 5 heavy (non-hydrogen) atoms. The van der Waals surface area contributed by atoms with Gasteiger partial charge in [-0.05, 0) is 11.0 Å². The Hall–Kier alpha value is 5.06. The van der Waals surface area contributed by atoms with Crippen LogP contribution in [0.1, 0.15) is 0 Å². The summed E-state index contributed by atoms with van der Waals surface area (Å²) in [4.78, 5) is 0. The molecule has 0 saturated carbocycles. The number of hydrogen-bond acceptors (Lipinski definition) is 0. The summed E-state index contributed by atoms with van der Waals surface area (Å²) < 4.78 is 0. The molecule has 0 nitrogen and oxygen atoms in total. The van der Waals surface area contributed by atoms with E-state index in [4.69, 9.17) is 0 Å². The van der Waals surface area contributed by atoms with Gasteiger partial charge in [0.2, 0.25) is 0 Å². The summed E-state index contributed by atoms with van der Waals surface area (Å²) in [6, 6.07) is 0. The van der Waals surface area contributed by atoms with E-state index >= 15 is 0 Å². The van der Waals surface area contributed by atoms with Crippen molar-refractivity contribution in [1.29, 1.82) is 0 Å². The average molecular weight is 333 g/mol. The molecule has 0 unspecified atom stereocenters. The first-order chi connectivity index (χ1) is 0. The minimum absolute atomic E-state index is 0. The van der Waals surface area contributed by atoms with Crippen molar-refractivity contribution < 1.29 is 0 Å². The third-order valence-electron chi connectivity index (χ3n) is 0. The first kappa shape index (κ1) is 32.2. The van der Waals surface area contributed by atoms with Crippen molar-refractivity contribution in [2.75, 3.05) is 0 Å². The van der Waals surface area contributed by atoms with Gasteiger partial charge >= 0.3 is 132 Å². The molecule has 0 heterocycles. The Morgan fingerprint density at radius 2 is 1.00 bits per heavy atom. The van der Waals surface area contributed by atoms with Crippen molar-refractivity contribution in [3.63, 3.8) is 0 Å². The molecule has 0 bridgehead atoms. The van der Waals surface area contributed by atoms with Gasteiger partial charge in [0.1, 0.15) is 0 Å². The van der Waals surface area contributed by atoms with E-state index < -0.39 is 0 Å². The minimum atomic E-state index is 0. The van der Waals surface area contributed by atoms with Gasteiger partial charge in [-0.2, -0.15) is 0 Å². The summed E-state index contributed by atoms with van der Waals surface area (Å²) >= 11 is 0. The summed E-state index contributed by atoms with van der Waals surface area (Å²) in [6.45, 7) is 0. The Morgan fingerprint density at radius 3 is 1.00 bits per heavy atom. The summed E-state index contributed by atoms with van der Waals surface area (Å²) in [5.41, 5.74) is 0. The van der Waals surface area contributed by atoms with Gasteiger partial charge in [-0.25, -0.2) is 0 Å². The van der Waals surface area contributed by atoms with Gasteiger partial charge in [0.05, 0.1) is 0 Å². The van der Waals surface area contributed by atoms with Crippen LogP contribution in [0.2, 0.25) is 0 Å². The van der Waals surface area contributed by atoms with Crippen LogP contribution in [-0.4, -0.2) is 160 Å². The van der Waals surface area contributed by atoms with Crippen LogP contribution in [-0.2, 0) is 0 Å². The normalized spacial score (nSPS) is 0. The second-order valence-electron chi connectivity index (χ2n) is 0. The van der Waals surface area contributed by atoms with E-state index in [-0.39, 0.29) is 160 Å². The van der Waals surface area contributed by atoms with Crippen molar-refractivity contribution in [2.24, 2.45) is 0 Å². The van der Waals surface area contributed by atoms with Gasteiger partial charge in [0, 0.05) is 0 Å². The molecule has 0 N–H and O–H groups in total. The first-order valence-corrected chi connectivity index (χ1v) is 0.